The van der Waals surface area contributed by atoms with Crippen molar-refractivity contribution in [3.05, 3.63) is 66.3 Å². The fraction of sp³-hybridized carbons (Fsp3) is 0.167. The average molecular weight is 343 g/mol. The van der Waals surface area contributed by atoms with E-state index in [-0.39, 0.29) is 18.7 Å². The predicted molar refractivity (Wildman–Crippen MR) is 87.8 cm³/mol. The molecule has 7 heteroatoms. The summed E-state index contributed by atoms with van der Waals surface area (Å²) in [5.74, 6) is -0.0785. The highest BCUT2D eigenvalue weighted by atomic mass is 19.1. The SMILES string of the molecule is CN(C(=O)CCc1ncc(-c2ccccc2F)o1)c1ccc(F)cn1. The summed E-state index contributed by atoms with van der Waals surface area (Å²) in [5.41, 5.74) is 0.320. The van der Waals surface area contributed by atoms with Gasteiger partial charge in [-0.05, 0) is 24.3 Å². The third kappa shape index (κ3) is 3.88. The Balaban J connectivity index is 1.63. The van der Waals surface area contributed by atoms with Crippen LogP contribution >= 0.6 is 0 Å². The standard InChI is InChI=1S/C18H15F2N3O2/c1-23(16-7-6-12(19)10-21-16)18(24)9-8-17-22-11-15(25-17)13-4-2-3-5-14(13)20/h2-7,10-11H,8-9H2,1H3. The molecule has 0 N–H and O–H groups in total. The number of hydrogen-bond donors (Lipinski definition) is 0. The molecule has 128 valence electrons. The second kappa shape index (κ2) is 7.21. The molecule has 1 aromatic carbocycles. The van der Waals surface area contributed by atoms with Crippen LogP contribution < -0.4 is 4.90 Å². The maximum atomic E-state index is 13.7. The molecule has 0 aliphatic rings. The number of nitrogens with zero attached hydrogens (tertiary/aromatic N) is 3. The Morgan fingerprint density at radius 1 is 1.12 bits per heavy atom. The summed E-state index contributed by atoms with van der Waals surface area (Å²) < 4.78 is 32.1. The maximum absolute atomic E-state index is 13.7. The van der Waals surface area contributed by atoms with Crippen LogP contribution in [0.25, 0.3) is 11.3 Å². The van der Waals surface area contributed by atoms with Gasteiger partial charge in [-0.1, -0.05) is 12.1 Å². The molecule has 2 heterocycles. The number of aryl methyl sites for hydroxylation is 1. The Hall–Kier alpha value is -3.09. The topological polar surface area (TPSA) is 59.2 Å². The van der Waals surface area contributed by atoms with Gasteiger partial charge in [-0.15, -0.1) is 0 Å². The van der Waals surface area contributed by atoms with Crippen LogP contribution in [-0.4, -0.2) is 22.9 Å². The smallest absolute Gasteiger partial charge is 0.228 e. The van der Waals surface area contributed by atoms with Crippen molar-refractivity contribution in [2.75, 3.05) is 11.9 Å². The monoisotopic (exact) mass is 343 g/mol. The fourth-order valence-electron chi connectivity index (χ4n) is 2.29. The van der Waals surface area contributed by atoms with Gasteiger partial charge in [0, 0.05) is 19.9 Å². The molecule has 1 amide bonds. The lowest BCUT2D eigenvalue weighted by atomic mass is 10.2. The van der Waals surface area contributed by atoms with E-state index in [1.54, 1.807) is 25.2 Å². The number of carbonyl (C=O) groups is 1. The molecule has 0 saturated carbocycles. The van der Waals surface area contributed by atoms with Crippen LogP contribution in [0.1, 0.15) is 12.3 Å². The van der Waals surface area contributed by atoms with Gasteiger partial charge in [-0.3, -0.25) is 9.69 Å². The Bertz CT molecular complexity index is 878. The van der Waals surface area contributed by atoms with Crippen molar-refractivity contribution < 1.29 is 18.0 Å². The third-order valence-corrected chi connectivity index (χ3v) is 3.68. The minimum Gasteiger partial charge on any atom is -0.441 e. The van der Waals surface area contributed by atoms with E-state index in [1.165, 1.54) is 29.3 Å². The summed E-state index contributed by atoms with van der Waals surface area (Å²) in [6.07, 6.45) is 2.88. The highest BCUT2D eigenvalue weighted by Gasteiger charge is 2.15. The molecule has 3 rings (SSSR count). The van der Waals surface area contributed by atoms with Crippen LogP contribution in [-0.2, 0) is 11.2 Å². The van der Waals surface area contributed by atoms with Crippen molar-refractivity contribution in [3.63, 3.8) is 0 Å². The summed E-state index contributed by atoms with van der Waals surface area (Å²) in [5, 5.41) is 0. The van der Waals surface area contributed by atoms with Crippen molar-refractivity contribution in [3.8, 4) is 11.3 Å². The first-order chi connectivity index (χ1) is 12.0. The number of benzene rings is 1. The third-order valence-electron chi connectivity index (χ3n) is 3.68. The Morgan fingerprint density at radius 3 is 2.64 bits per heavy atom. The van der Waals surface area contributed by atoms with Crippen LogP contribution in [0.4, 0.5) is 14.6 Å². The Kier molecular flexibility index (Phi) is 4.83. The van der Waals surface area contributed by atoms with Crippen molar-refractivity contribution in [1.29, 1.82) is 0 Å². The summed E-state index contributed by atoms with van der Waals surface area (Å²) in [7, 11) is 1.56. The highest BCUT2D eigenvalue weighted by molar-refractivity contribution is 5.91. The number of oxazole rings is 1. The zero-order chi connectivity index (χ0) is 17.8. The molecule has 0 fully saturated rings. The van der Waals surface area contributed by atoms with Crippen LogP contribution in [0.15, 0.2) is 53.2 Å². The molecule has 0 unspecified atom stereocenters. The predicted octanol–water partition coefficient (Wildman–Crippen LogP) is 3.61. The second-order valence-corrected chi connectivity index (χ2v) is 5.39. The molecule has 0 aliphatic carbocycles. The molecule has 0 radical (unpaired) electrons. The summed E-state index contributed by atoms with van der Waals surface area (Å²) in [6.45, 7) is 0. The van der Waals surface area contributed by atoms with E-state index in [0.29, 0.717) is 23.0 Å². The van der Waals surface area contributed by atoms with Crippen molar-refractivity contribution in [1.82, 2.24) is 9.97 Å². The number of halogens is 2. The quantitative estimate of drug-likeness (QED) is 0.710. The second-order valence-electron chi connectivity index (χ2n) is 5.39. The van der Waals surface area contributed by atoms with Gasteiger partial charge in [-0.2, -0.15) is 0 Å². The van der Waals surface area contributed by atoms with Gasteiger partial charge in [-0.25, -0.2) is 18.7 Å². The minimum absolute atomic E-state index is 0.132. The molecule has 0 spiro atoms. The number of rotatable bonds is 5. The molecule has 0 saturated heterocycles. The number of amides is 1. The lowest BCUT2D eigenvalue weighted by Gasteiger charge is -2.15. The number of hydrogen-bond acceptors (Lipinski definition) is 4. The lowest BCUT2D eigenvalue weighted by molar-refractivity contribution is -0.118. The minimum atomic E-state index is -0.468. The average Bonchev–Trinajstić information content (AvgIpc) is 3.09. The molecular weight excluding hydrogens is 328 g/mol. The van der Waals surface area contributed by atoms with Gasteiger partial charge in [0.1, 0.15) is 17.5 Å². The van der Waals surface area contributed by atoms with Gasteiger partial charge in [0.15, 0.2) is 11.7 Å². The van der Waals surface area contributed by atoms with E-state index in [2.05, 4.69) is 9.97 Å². The van der Waals surface area contributed by atoms with E-state index in [4.69, 9.17) is 4.42 Å². The Morgan fingerprint density at radius 2 is 1.92 bits per heavy atom. The van der Waals surface area contributed by atoms with Crippen LogP contribution in [0, 0.1) is 11.6 Å². The Labute approximate surface area is 142 Å². The molecular formula is C18H15F2N3O2. The summed E-state index contributed by atoms with van der Waals surface area (Å²) >= 11 is 0. The first kappa shape index (κ1) is 16.8. The summed E-state index contributed by atoms with van der Waals surface area (Å²) in [6, 6.07) is 8.89. The van der Waals surface area contributed by atoms with E-state index in [1.807, 2.05) is 0 Å². The summed E-state index contributed by atoms with van der Waals surface area (Å²) in [4.78, 5) is 21.5. The van der Waals surface area contributed by atoms with Crippen LogP contribution in [0.2, 0.25) is 0 Å². The van der Waals surface area contributed by atoms with Crippen molar-refractivity contribution >= 4 is 11.7 Å². The zero-order valence-electron chi connectivity index (χ0n) is 13.4. The molecule has 0 aliphatic heterocycles. The first-order valence-corrected chi connectivity index (χ1v) is 7.62. The fourth-order valence-corrected chi connectivity index (χ4v) is 2.29. The number of anilines is 1. The highest BCUT2D eigenvalue weighted by Crippen LogP contribution is 2.23. The van der Waals surface area contributed by atoms with Crippen LogP contribution in [0.3, 0.4) is 0 Å². The zero-order valence-corrected chi connectivity index (χ0v) is 13.4. The van der Waals surface area contributed by atoms with E-state index in [0.717, 1.165) is 6.20 Å². The van der Waals surface area contributed by atoms with Gasteiger partial charge in [0.25, 0.3) is 0 Å². The lowest BCUT2D eigenvalue weighted by Crippen LogP contribution is -2.27. The van der Waals surface area contributed by atoms with E-state index >= 15 is 0 Å². The van der Waals surface area contributed by atoms with Crippen LogP contribution in [0.5, 0.6) is 0 Å². The van der Waals surface area contributed by atoms with Gasteiger partial charge < -0.3 is 4.42 Å². The normalized spacial score (nSPS) is 10.7. The van der Waals surface area contributed by atoms with Gasteiger partial charge in [0.05, 0.1) is 18.0 Å². The molecule has 5 nitrogen and oxygen atoms in total. The number of carbonyl (C=O) groups excluding carboxylic acids is 1. The molecule has 0 atom stereocenters. The molecule has 0 bridgehead atoms. The maximum Gasteiger partial charge on any atom is 0.228 e. The van der Waals surface area contributed by atoms with E-state index < -0.39 is 11.6 Å². The first-order valence-electron chi connectivity index (χ1n) is 7.62. The van der Waals surface area contributed by atoms with Gasteiger partial charge >= 0.3 is 0 Å². The molecule has 25 heavy (non-hydrogen) atoms. The van der Waals surface area contributed by atoms with Gasteiger partial charge in [0.2, 0.25) is 5.91 Å². The molecule has 2 aromatic heterocycles. The van der Waals surface area contributed by atoms with Crippen molar-refractivity contribution in [2.24, 2.45) is 0 Å². The van der Waals surface area contributed by atoms with E-state index in [9.17, 15) is 13.6 Å². The number of pyridine rings is 1. The molecule has 3 aromatic rings. The van der Waals surface area contributed by atoms with Crippen molar-refractivity contribution in [2.45, 2.75) is 12.8 Å². The number of aromatic nitrogens is 2. The largest absolute Gasteiger partial charge is 0.441 e.